The fraction of sp³-hybridized carbons (Fsp3) is 1.00. The number of halogens is 4. The summed E-state index contributed by atoms with van der Waals surface area (Å²) < 4.78 is 0. The fourth-order valence-electron chi connectivity index (χ4n) is 0.435. The van der Waals surface area contributed by atoms with E-state index in [-0.39, 0.29) is 0 Å². The minimum atomic E-state index is -2.37. The van der Waals surface area contributed by atoms with Crippen molar-refractivity contribution in [1.29, 1.82) is 0 Å². The highest BCUT2D eigenvalue weighted by Gasteiger charge is 2.24. The summed E-state index contributed by atoms with van der Waals surface area (Å²) in [7, 11) is 0.436. The molecule has 0 aromatic rings. The summed E-state index contributed by atoms with van der Waals surface area (Å²) in [6.45, 7) is 2.07. The Morgan fingerprint density at radius 3 is 2.20 bits per heavy atom. The van der Waals surface area contributed by atoms with Crippen LogP contribution in [0.1, 0.15) is 13.3 Å². The van der Waals surface area contributed by atoms with Crippen molar-refractivity contribution in [2.75, 3.05) is 0 Å². The van der Waals surface area contributed by atoms with Crippen molar-refractivity contribution in [3.05, 3.63) is 0 Å². The maximum atomic E-state index is 5.66. The molecule has 0 aromatic carbocycles. The molecule has 0 fully saturated rings. The standard InChI is InChI=1S/C4H8Cl4Si2/c1-4(9-5)2-3-10(6,7)8/h4H,2-3H2,1H3. The molecule has 0 aliphatic carbocycles. The Kier molecular flexibility index (Phi) is 6.12. The first-order chi connectivity index (χ1) is 4.45. The van der Waals surface area contributed by atoms with E-state index in [1.54, 1.807) is 0 Å². The Morgan fingerprint density at radius 1 is 1.40 bits per heavy atom. The van der Waals surface area contributed by atoms with Crippen LogP contribution in [0.3, 0.4) is 0 Å². The summed E-state index contributed by atoms with van der Waals surface area (Å²) in [4.78, 5) is 0. The highest BCUT2D eigenvalue weighted by molar-refractivity contribution is 7.64. The van der Waals surface area contributed by atoms with Gasteiger partial charge < -0.3 is 0 Å². The molecule has 1 unspecified atom stereocenters. The first kappa shape index (κ1) is 11.6. The van der Waals surface area contributed by atoms with Gasteiger partial charge in [0.15, 0.2) is 8.83 Å². The average Bonchev–Trinajstić information content (AvgIpc) is 1.81. The molecular formula is C4H8Cl4Si2. The lowest BCUT2D eigenvalue weighted by atomic mass is 10.4. The lowest BCUT2D eigenvalue weighted by molar-refractivity contribution is 0.871. The Balaban J connectivity index is 3.36. The van der Waals surface area contributed by atoms with Crippen molar-refractivity contribution in [1.82, 2.24) is 0 Å². The predicted octanol–water partition coefficient (Wildman–Crippen LogP) is 3.70. The minimum absolute atomic E-state index is 0.436. The number of hydrogen-bond acceptors (Lipinski definition) is 0. The van der Waals surface area contributed by atoms with Crippen LogP contribution in [0.15, 0.2) is 0 Å². The maximum Gasteiger partial charge on any atom is 0.341 e. The molecular weight excluding hydrogens is 246 g/mol. The monoisotopic (exact) mass is 252 g/mol. The van der Waals surface area contributed by atoms with Gasteiger partial charge in [-0.1, -0.05) is 13.3 Å². The molecule has 1 atom stereocenters. The normalized spacial score (nSPS) is 15.3. The summed E-state index contributed by atoms with van der Waals surface area (Å²) in [6, 6.07) is -1.65. The van der Waals surface area contributed by atoms with E-state index in [4.69, 9.17) is 44.3 Å². The van der Waals surface area contributed by atoms with Crippen LogP contribution in [0.4, 0.5) is 0 Å². The summed E-state index contributed by atoms with van der Waals surface area (Å²) in [5.74, 6) is 0. The molecule has 0 amide bonds. The van der Waals surface area contributed by atoms with Crippen molar-refractivity contribution in [3.8, 4) is 0 Å². The van der Waals surface area contributed by atoms with Crippen molar-refractivity contribution in [3.63, 3.8) is 0 Å². The van der Waals surface area contributed by atoms with Gasteiger partial charge in [0.25, 0.3) is 0 Å². The van der Waals surface area contributed by atoms with Gasteiger partial charge in [0.05, 0.1) is 0 Å². The van der Waals surface area contributed by atoms with Gasteiger partial charge in [-0.05, 0) is 11.6 Å². The lowest BCUT2D eigenvalue weighted by Crippen LogP contribution is -2.09. The van der Waals surface area contributed by atoms with Gasteiger partial charge in [-0.3, -0.25) is 0 Å². The Hall–Kier alpha value is 1.59. The molecule has 10 heavy (non-hydrogen) atoms. The van der Waals surface area contributed by atoms with Crippen LogP contribution in [0.25, 0.3) is 0 Å². The summed E-state index contributed by atoms with van der Waals surface area (Å²) >= 11 is 22.6. The molecule has 0 aromatic heterocycles. The second-order valence-corrected chi connectivity index (χ2v) is 13.3. The molecule has 0 aliphatic heterocycles. The van der Waals surface area contributed by atoms with Crippen LogP contribution in [-0.2, 0) is 0 Å². The van der Waals surface area contributed by atoms with Crippen molar-refractivity contribution in [2.45, 2.75) is 24.9 Å². The Bertz CT molecular complexity index is 91.7. The molecule has 0 heterocycles. The van der Waals surface area contributed by atoms with E-state index < -0.39 is 6.00 Å². The maximum absolute atomic E-state index is 5.66. The lowest BCUT2D eigenvalue weighted by Gasteiger charge is -2.09. The SMILES string of the molecule is CC(CC[Si](Cl)(Cl)Cl)[Si]Cl. The summed E-state index contributed by atoms with van der Waals surface area (Å²) in [6.07, 6.45) is 0.935. The molecule has 2 radical (unpaired) electrons. The Labute approximate surface area is 83.8 Å². The van der Waals surface area contributed by atoms with E-state index in [0.29, 0.717) is 14.4 Å². The smallest absolute Gasteiger partial charge is 0.171 e. The van der Waals surface area contributed by atoms with Crippen LogP contribution in [0, 0.1) is 0 Å². The molecule has 0 bridgehead atoms. The topological polar surface area (TPSA) is 0 Å². The van der Waals surface area contributed by atoms with Crippen LogP contribution >= 0.6 is 44.3 Å². The fourth-order valence-corrected chi connectivity index (χ4v) is 3.05. The summed E-state index contributed by atoms with van der Waals surface area (Å²) in [5, 5.41) is 0. The molecule has 60 valence electrons. The highest BCUT2D eigenvalue weighted by Crippen LogP contribution is 2.29. The van der Waals surface area contributed by atoms with Gasteiger partial charge in [0.1, 0.15) is 0 Å². The molecule has 6 heteroatoms. The average molecular weight is 254 g/mol. The predicted molar refractivity (Wildman–Crippen MR) is 53.8 cm³/mol. The van der Waals surface area contributed by atoms with Crippen LogP contribution in [-0.4, -0.2) is 14.8 Å². The second-order valence-electron chi connectivity index (χ2n) is 2.16. The van der Waals surface area contributed by atoms with E-state index in [9.17, 15) is 0 Å². The zero-order valence-electron chi connectivity index (χ0n) is 5.50. The molecule has 0 saturated carbocycles. The first-order valence-electron chi connectivity index (χ1n) is 2.88. The number of hydrogen-bond donors (Lipinski definition) is 0. The van der Waals surface area contributed by atoms with Gasteiger partial charge in [-0.15, -0.1) is 33.2 Å². The van der Waals surface area contributed by atoms with E-state index in [2.05, 4.69) is 6.92 Å². The zero-order chi connectivity index (χ0) is 8.20. The minimum Gasteiger partial charge on any atom is -0.171 e. The summed E-state index contributed by atoms with van der Waals surface area (Å²) in [5.41, 5.74) is 0.491. The number of rotatable bonds is 4. The van der Waals surface area contributed by atoms with Crippen LogP contribution in [0.5, 0.6) is 0 Å². The van der Waals surface area contributed by atoms with Crippen LogP contribution in [0.2, 0.25) is 11.6 Å². The van der Waals surface area contributed by atoms with Crippen molar-refractivity contribution >= 4 is 59.1 Å². The van der Waals surface area contributed by atoms with Crippen molar-refractivity contribution in [2.24, 2.45) is 0 Å². The van der Waals surface area contributed by atoms with Crippen LogP contribution < -0.4 is 0 Å². The van der Waals surface area contributed by atoms with E-state index in [1.165, 1.54) is 0 Å². The van der Waals surface area contributed by atoms with Crippen molar-refractivity contribution < 1.29 is 0 Å². The third kappa shape index (κ3) is 7.70. The second kappa shape index (κ2) is 5.28. The highest BCUT2D eigenvalue weighted by atomic mass is 35.8. The molecule has 0 spiro atoms. The molecule has 0 aliphatic rings. The van der Waals surface area contributed by atoms with E-state index in [1.807, 2.05) is 0 Å². The third-order valence-electron chi connectivity index (χ3n) is 1.05. The first-order valence-corrected chi connectivity index (χ1v) is 10.2. The molecule has 0 N–H and O–H groups in total. The Morgan fingerprint density at radius 2 is 1.90 bits per heavy atom. The van der Waals surface area contributed by atoms with E-state index in [0.717, 1.165) is 12.5 Å². The largest absolute Gasteiger partial charge is 0.341 e. The van der Waals surface area contributed by atoms with Gasteiger partial charge in [-0.2, -0.15) is 11.1 Å². The molecule has 0 saturated heterocycles. The van der Waals surface area contributed by atoms with Gasteiger partial charge in [0.2, 0.25) is 0 Å². The van der Waals surface area contributed by atoms with Gasteiger partial charge in [-0.25, -0.2) is 0 Å². The molecule has 0 rings (SSSR count). The third-order valence-corrected chi connectivity index (χ3v) is 5.38. The van der Waals surface area contributed by atoms with E-state index >= 15 is 0 Å². The van der Waals surface area contributed by atoms with Gasteiger partial charge >= 0.3 is 6.00 Å². The zero-order valence-corrected chi connectivity index (χ0v) is 10.5. The van der Waals surface area contributed by atoms with Gasteiger partial charge in [0, 0.05) is 0 Å². The molecule has 0 nitrogen and oxygen atoms in total. The quantitative estimate of drug-likeness (QED) is 0.530.